The van der Waals surface area contributed by atoms with Gasteiger partial charge in [-0.25, -0.2) is 4.79 Å². The van der Waals surface area contributed by atoms with E-state index in [1.165, 1.54) is 5.56 Å². The van der Waals surface area contributed by atoms with Crippen molar-refractivity contribution in [3.05, 3.63) is 59.7 Å². The number of aromatic carboxylic acids is 1. The summed E-state index contributed by atoms with van der Waals surface area (Å²) in [5.74, 6) is -0.903. The van der Waals surface area contributed by atoms with Gasteiger partial charge in [0, 0.05) is 18.4 Å². The molecule has 0 fully saturated rings. The zero-order valence-electron chi connectivity index (χ0n) is 10.4. The fourth-order valence-electron chi connectivity index (χ4n) is 1.81. The van der Waals surface area contributed by atoms with Crippen molar-refractivity contribution >= 4 is 17.3 Å². The Morgan fingerprint density at radius 2 is 1.72 bits per heavy atom. The molecule has 3 heteroatoms. The quantitative estimate of drug-likeness (QED) is 0.894. The van der Waals surface area contributed by atoms with Crippen LogP contribution in [0.15, 0.2) is 48.5 Å². The van der Waals surface area contributed by atoms with Crippen molar-refractivity contribution in [3.63, 3.8) is 0 Å². The molecule has 0 heterocycles. The Bertz CT molecular complexity index is 561. The van der Waals surface area contributed by atoms with Crippen molar-refractivity contribution in [2.45, 2.75) is 6.92 Å². The van der Waals surface area contributed by atoms with Crippen LogP contribution in [0.1, 0.15) is 15.9 Å². The van der Waals surface area contributed by atoms with Gasteiger partial charge in [-0.1, -0.05) is 12.1 Å². The Morgan fingerprint density at radius 1 is 1.06 bits per heavy atom. The van der Waals surface area contributed by atoms with Gasteiger partial charge in [-0.15, -0.1) is 0 Å². The maximum atomic E-state index is 10.8. The molecule has 0 unspecified atom stereocenters. The molecule has 2 rings (SSSR count). The molecular formula is C15H15NO2. The Labute approximate surface area is 106 Å². The maximum Gasteiger partial charge on any atom is 0.335 e. The Hall–Kier alpha value is -2.29. The van der Waals surface area contributed by atoms with E-state index in [2.05, 4.69) is 6.07 Å². The van der Waals surface area contributed by atoms with E-state index in [1.54, 1.807) is 12.1 Å². The molecule has 0 saturated carbocycles. The van der Waals surface area contributed by atoms with E-state index >= 15 is 0 Å². The summed E-state index contributed by atoms with van der Waals surface area (Å²) < 4.78 is 0. The van der Waals surface area contributed by atoms with Crippen molar-refractivity contribution < 1.29 is 9.90 Å². The molecule has 0 aliphatic carbocycles. The highest BCUT2D eigenvalue weighted by Crippen LogP contribution is 2.24. The van der Waals surface area contributed by atoms with Gasteiger partial charge in [0.1, 0.15) is 0 Å². The number of carbonyl (C=O) groups is 1. The summed E-state index contributed by atoms with van der Waals surface area (Å²) in [4.78, 5) is 12.8. The van der Waals surface area contributed by atoms with Crippen molar-refractivity contribution in [3.8, 4) is 0 Å². The van der Waals surface area contributed by atoms with E-state index < -0.39 is 5.97 Å². The monoisotopic (exact) mass is 241 g/mol. The van der Waals surface area contributed by atoms with Crippen LogP contribution in [0.3, 0.4) is 0 Å². The lowest BCUT2D eigenvalue weighted by Crippen LogP contribution is -2.09. The van der Waals surface area contributed by atoms with Gasteiger partial charge in [-0.2, -0.15) is 0 Å². The van der Waals surface area contributed by atoms with E-state index in [-0.39, 0.29) is 0 Å². The normalized spacial score (nSPS) is 10.1. The van der Waals surface area contributed by atoms with Crippen LogP contribution < -0.4 is 4.90 Å². The lowest BCUT2D eigenvalue weighted by atomic mass is 10.1. The van der Waals surface area contributed by atoms with Gasteiger partial charge in [-0.05, 0) is 48.9 Å². The van der Waals surface area contributed by atoms with Crippen LogP contribution in [0.4, 0.5) is 11.4 Å². The number of rotatable bonds is 3. The minimum atomic E-state index is -0.903. The summed E-state index contributed by atoms with van der Waals surface area (Å²) >= 11 is 0. The van der Waals surface area contributed by atoms with E-state index in [4.69, 9.17) is 5.11 Å². The Balaban J connectivity index is 2.28. The van der Waals surface area contributed by atoms with Crippen LogP contribution in [0.5, 0.6) is 0 Å². The highest BCUT2D eigenvalue weighted by molar-refractivity contribution is 5.88. The maximum absolute atomic E-state index is 10.8. The smallest absolute Gasteiger partial charge is 0.335 e. The average molecular weight is 241 g/mol. The van der Waals surface area contributed by atoms with Crippen molar-refractivity contribution in [2.75, 3.05) is 11.9 Å². The molecule has 0 radical (unpaired) electrons. The fraction of sp³-hybridized carbons (Fsp3) is 0.133. The van der Waals surface area contributed by atoms with E-state index in [1.807, 2.05) is 49.2 Å². The van der Waals surface area contributed by atoms with E-state index in [0.29, 0.717) is 5.56 Å². The molecule has 0 aliphatic heterocycles. The third kappa shape index (κ3) is 2.51. The minimum Gasteiger partial charge on any atom is -0.478 e. The third-order valence-corrected chi connectivity index (χ3v) is 2.89. The Kier molecular flexibility index (Phi) is 3.33. The predicted molar refractivity (Wildman–Crippen MR) is 72.6 cm³/mol. The van der Waals surface area contributed by atoms with Gasteiger partial charge < -0.3 is 10.0 Å². The summed E-state index contributed by atoms with van der Waals surface area (Å²) in [7, 11) is 1.96. The number of hydrogen-bond donors (Lipinski definition) is 1. The number of carboxylic acid groups (broad SMARTS) is 1. The zero-order valence-corrected chi connectivity index (χ0v) is 10.4. The summed E-state index contributed by atoms with van der Waals surface area (Å²) in [6.07, 6.45) is 0. The first-order valence-corrected chi connectivity index (χ1v) is 5.71. The van der Waals surface area contributed by atoms with Crippen molar-refractivity contribution in [1.82, 2.24) is 0 Å². The molecule has 0 saturated heterocycles. The average Bonchev–Trinajstić information content (AvgIpc) is 2.38. The van der Waals surface area contributed by atoms with E-state index in [0.717, 1.165) is 11.4 Å². The second-order valence-corrected chi connectivity index (χ2v) is 4.25. The van der Waals surface area contributed by atoms with Crippen molar-refractivity contribution in [2.24, 2.45) is 0 Å². The number of carboxylic acids is 1. The summed E-state index contributed by atoms with van der Waals surface area (Å²) in [6, 6.07) is 15.0. The standard InChI is InChI=1S/C15H15NO2/c1-11-4-3-5-14(10-11)16(2)13-8-6-12(7-9-13)15(17)18/h3-10H,1-2H3,(H,17,18). The highest BCUT2D eigenvalue weighted by Gasteiger charge is 2.06. The minimum absolute atomic E-state index is 0.302. The second-order valence-electron chi connectivity index (χ2n) is 4.25. The number of nitrogens with zero attached hydrogens (tertiary/aromatic N) is 1. The van der Waals surface area contributed by atoms with Gasteiger partial charge in [0.05, 0.1) is 5.56 Å². The molecule has 2 aromatic carbocycles. The fourth-order valence-corrected chi connectivity index (χ4v) is 1.81. The molecule has 1 N–H and O–H groups in total. The number of hydrogen-bond acceptors (Lipinski definition) is 2. The molecule has 18 heavy (non-hydrogen) atoms. The number of aryl methyl sites for hydroxylation is 1. The highest BCUT2D eigenvalue weighted by atomic mass is 16.4. The molecule has 0 spiro atoms. The molecule has 2 aromatic rings. The van der Waals surface area contributed by atoms with Gasteiger partial charge in [0.25, 0.3) is 0 Å². The summed E-state index contributed by atoms with van der Waals surface area (Å²) in [6.45, 7) is 2.05. The van der Waals surface area contributed by atoms with Gasteiger partial charge >= 0.3 is 5.97 Å². The Morgan fingerprint density at radius 3 is 2.28 bits per heavy atom. The summed E-state index contributed by atoms with van der Waals surface area (Å²) in [5.41, 5.74) is 3.54. The predicted octanol–water partition coefficient (Wildman–Crippen LogP) is 3.46. The van der Waals surface area contributed by atoms with Crippen LogP contribution in [-0.4, -0.2) is 18.1 Å². The zero-order chi connectivity index (χ0) is 13.1. The molecule has 3 nitrogen and oxygen atoms in total. The van der Waals surface area contributed by atoms with Gasteiger partial charge in [0.15, 0.2) is 0 Å². The first-order valence-electron chi connectivity index (χ1n) is 5.71. The topological polar surface area (TPSA) is 40.5 Å². The number of anilines is 2. The van der Waals surface area contributed by atoms with Crippen LogP contribution in [0, 0.1) is 6.92 Å². The van der Waals surface area contributed by atoms with Crippen LogP contribution in [0.25, 0.3) is 0 Å². The molecule has 0 bridgehead atoms. The molecule has 92 valence electrons. The van der Waals surface area contributed by atoms with Crippen LogP contribution in [0.2, 0.25) is 0 Å². The SMILES string of the molecule is Cc1cccc(N(C)c2ccc(C(=O)O)cc2)c1. The molecule has 0 aromatic heterocycles. The molecule has 0 aliphatic rings. The molecule has 0 amide bonds. The van der Waals surface area contributed by atoms with Crippen molar-refractivity contribution in [1.29, 1.82) is 0 Å². The molecular weight excluding hydrogens is 226 g/mol. The first-order chi connectivity index (χ1) is 8.58. The van der Waals surface area contributed by atoms with E-state index in [9.17, 15) is 4.79 Å². The lowest BCUT2D eigenvalue weighted by molar-refractivity contribution is 0.0697. The first kappa shape index (κ1) is 12.2. The largest absolute Gasteiger partial charge is 0.478 e. The third-order valence-electron chi connectivity index (χ3n) is 2.89. The molecule has 0 atom stereocenters. The van der Waals surface area contributed by atoms with Crippen LogP contribution >= 0.6 is 0 Å². The van der Waals surface area contributed by atoms with Gasteiger partial charge in [0.2, 0.25) is 0 Å². The van der Waals surface area contributed by atoms with Gasteiger partial charge in [-0.3, -0.25) is 0 Å². The number of benzene rings is 2. The summed E-state index contributed by atoms with van der Waals surface area (Å²) in [5, 5.41) is 8.85. The second kappa shape index (κ2) is 4.92. The van der Waals surface area contributed by atoms with Crippen LogP contribution in [-0.2, 0) is 0 Å². The lowest BCUT2D eigenvalue weighted by Gasteiger charge is -2.20.